The Balaban J connectivity index is 2.45. The first-order valence-electron chi connectivity index (χ1n) is 11.0. The fourth-order valence-corrected chi connectivity index (χ4v) is 3.60. The summed E-state index contributed by atoms with van der Waals surface area (Å²) in [5.41, 5.74) is 3.28. The van der Waals surface area contributed by atoms with Crippen molar-refractivity contribution in [2.45, 2.75) is 112 Å². The summed E-state index contributed by atoms with van der Waals surface area (Å²) in [6.07, 6.45) is 13.2. The largest absolute Gasteiger partial charge is 0.504 e. The Morgan fingerprint density at radius 2 is 0.889 bits per heavy atom. The maximum Gasteiger partial charge on any atom is 0.157 e. The fourth-order valence-electron chi connectivity index (χ4n) is 3.60. The van der Waals surface area contributed by atoms with Gasteiger partial charge in [0.25, 0.3) is 0 Å². The molecule has 2 nitrogen and oxygen atoms in total. The van der Waals surface area contributed by atoms with Crippen LogP contribution in [-0.4, -0.2) is 10.2 Å². The highest BCUT2D eigenvalue weighted by atomic mass is 16.3. The summed E-state index contributed by atoms with van der Waals surface area (Å²) in [5.74, 6) is 0.0443. The number of unbranched alkanes of at least 4 members (excludes halogenated alkanes) is 5. The van der Waals surface area contributed by atoms with Gasteiger partial charge in [-0.25, -0.2) is 0 Å². The Hall–Kier alpha value is -1.18. The maximum absolute atomic E-state index is 9.90. The number of hydrogen-bond donors (Lipinski definition) is 2. The number of rotatable bonds is 11. The topological polar surface area (TPSA) is 40.5 Å². The molecule has 2 heteroatoms. The zero-order valence-electron chi connectivity index (χ0n) is 18.8. The summed E-state index contributed by atoms with van der Waals surface area (Å²) in [6, 6.07) is 3.57. The van der Waals surface area contributed by atoms with E-state index in [0.717, 1.165) is 25.7 Å². The van der Waals surface area contributed by atoms with Crippen LogP contribution < -0.4 is 0 Å². The Bertz CT molecular complexity index is 547. The van der Waals surface area contributed by atoms with Crippen LogP contribution in [0.25, 0.3) is 0 Å². The molecule has 0 radical (unpaired) electrons. The molecule has 2 N–H and O–H groups in total. The van der Waals surface area contributed by atoms with E-state index in [-0.39, 0.29) is 11.5 Å². The van der Waals surface area contributed by atoms with E-state index in [9.17, 15) is 10.2 Å². The van der Waals surface area contributed by atoms with E-state index in [1.807, 2.05) is 0 Å². The van der Waals surface area contributed by atoms with E-state index >= 15 is 0 Å². The summed E-state index contributed by atoms with van der Waals surface area (Å²) in [7, 11) is 0. The number of benzene rings is 1. The van der Waals surface area contributed by atoms with Crippen molar-refractivity contribution < 1.29 is 10.2 Å². The van der Waals surface area contributed by atoms with Gasteiger partial charge in [-0.1, -0.05) is 73.6 Å². The van der Waals surface area contributed by atoms with Gasteiger partial charge in [0.05, 0.1) is 0 Å². The first-order valence-corrected chi connectivity index (χ1v) is 11.0. The van der Waals surface area contributed by atoms with Crippen molar-refractivity contribution >= 4 is 0 Å². The zero-order chi connectivity index (χ0) is 20.5. The number of hydrogen-bond acceptors (Lipinski definition) is 2. The minimum atomic E-state index is 0.0219. The van der Waals surface area contributed by atoms with Crippen LogP contribution >= 0.6 is 0 Å². The van der Waals surface area contributed by atoms with Gasteiger partial charge < -0.3 is 10.2 Å². The lowest BCUT2D eigenvalue weighted by atomic mass is 9.88. The van der Waals surface area contributed by atoms with Crippen molar-refractivity contribution in [2.75, 3.05) is 0 Å². The van der Waals surface area contributed by atoms with Gasteiger partial charge in [-0.3, -0.25) is 0 Å². The molecule has 0 bridgehead atoms. The van der Waals surface area contributed by atoms with E-state index in [4.69, 9.17) is 0 Å². The monoisotopic (exact) mass is 376 g/mol. The predicted molar refractivity (Wildman–Crippen MR) is 118 cm³/mol. The van der Waals surface area contributed by atoms with Crippen LogP contribution in [0, 0.1) is 10.8 Å². The van der Waals surface area contributed by atoms with Gasteiger partial charge in [-0.05, 0) is 72.6 Å². The summed E-state index contributed by atoms with van der Waals surface area (Å²) in [5, 5.41) is 19.8. The van der Waals surface area contributed by atoms with Crippen molar-refractivity contribution in [3.05, 3.63) is 23.3 Å². The molecule has 0 aliphatic heterocycles. The molecule has 0 saturated carbocycles. The Morgan fingerprint density at radius 3 is 1.26 bits per heavy atom. The average Bonchev–Trinajstić information content (AvgIpc) is 2.52. The Labute approximate surface area is 168 Å². The second kappa shape index (κ2) is 11.0. The van der Waals surface area contributed by atoms with Crippen LogP contribution in [-0.2, 0) is 12.8 Å². The summed E-state index contributed by atoms with van der Waals surface area (Å²) in [4.78, 5) is 0. The second-order valence-corrected chi connectivity index (χ2v) is 10.7. The third-order valence-electron chi connectivity index (χ3n) is 5.29. The van der Waals surface area contributed by atoms with Crippen molar-refractivity contribution in [3.63, 3.8) is 0 Å². The van der Waals surface area contributed by atoms with Crippen LogP contribution in [0.15, 0.2) is 12.1 Å². The van der Waals surface area contributed by atoms with E-state index in [1.165, 1.54) is 56.1 Å². The first kappa shape index (κ1) is 23.9. The van der Waals surface area contributed by atoms with E-state index in [0.29, 0.717) is 10.8 Å². The Kier molecular flexibility index (Phi) is 9.70. The second-order valence-electron chi connectivity index (χ2n) is 10.7. The molecule has 0 saturated heterocycles. The quantitative estimate of drug-likeness (QED) is 0.306. The van der Waals surface area contributed by atoms with Crippen molar-refractivity contribution in [2.24, 2.45) is 10.8 Å². The minimum Gasteiger partial charge on any atom is -0.504 e. The fraction of sp³-hybridized carbons (Fsp3) is 0.760. The van der Waals surface area contributed by atoms with Crippen LogP contribution in [0.4, 0.5) is 0 Å². The summed E-state index contributed by atoms with van der Waals surface area (Å²) >= 11 is 0. The molecule has 0 aromatic heterocycles. The minimum absolute atomic E-state index is 0.0219. The number of phenols is 2. The van der Waals surface area contributed by atoms with E-state index in [2.05, 4.69) is 41.5 Å². The highest BCUT2D eigenvalue weighted by molar-refractivity contribution is 5.45. The predicted octanol–water partition coefficient (Wildman–Crippen LogP) is 7.79. The highest BCUT2D eigenvalue weighted by Gasteiger charge is 2.12. The lowest BCUT2D eigenvalue weighted by Crippen LogP contribution is -2.04. The van der Waals surface area contributed by atoms with Gasteiger partial charge in [0.2, 0.25) is 0 Å². The van der Waals surface area contributed by atoms with Crippen molar-refractivity contribution in [1.82, 2.24) is 0 Å². The molecule has 156 valence electrons. The van der Waals surface area contributed by atoms with Crippen LogP contribution in [0.1, 0.15) is 110 Å². The summed E-state index contributed by atoms with van der Waals surface area (Å²) < 4.78 is 0. The molecule has 0 heterocycles. The van der Waals surface area contributed by atoms with Gasteiger partial charge in [0.15, 0.2) is 11.5 Å². The molecule has 0 atom stereocenters. The van der Waals surface area contributed by atoms with Crippen LogP contribution in [0.3, 0.4) is 0 Å². The molecule has 1 rings (SSSR count). The standard InChI is InChI=1S/C25H44O2/c1-24(2,3)16-12-8-7-10-14-20-18-22(26)23(27)19-21(20)15-11-9-13-17-25(4,5)6/h18-19,26-27H,7-17H2,1-6H3. The number of aromatic hydroxyl groups is 2. The third-order valence-corrected chi connectivity index (χ3v) is 5.29. The number of aryl methyl sites for hydroxylation is 2. The van der Waals surface area contributed by atoms with Crippen molar-refractivity contribution in [1.29, 1.82) is 0 Å². The Morgan fingerprint density at radius 1 is 0.556 bits per heavy atom. The highest BCUT2D eigenvalue weighted by Crippen LogP contribution is 2.31. The summed E-state index contributed by atoms with van der Waals surface area (Å²) in [6.45, 7) is 13.8. The number of phenolic OH excluding ortho intramolecular Hbond substituents is 2. The molecule has 27 heavy (non-hydrogen) atoms. The zero-order valence-corrected chi connectivity index (χ0v) is 18.8. The lowest BCUT2D eigenvalue weighted by Gasteiger charge is -2.18. The van der Waals surface area contributed by atoms with Gasteiger partial charge in [0, 0.05) is 0 Å². The molecular weight excluding hydrogens is 332 g/mol. The van der Waals surface area contributed by atoms with Crippen LogP contribution in [0.5, 0.6) is 11.5 Å². The van der Waals surface area contributed by atoms with Gasteiger partial charge >= 0.3 is 0 Å². The normalized spacial score (nSPS) is 12.5. The molecule has 0 aliphatic rings. The molecular formula is C25H44O2. The van der Waals surface area contributed by atoms with Gasteiger partial charge in [0.1, 0.15) is 0 Å². The molecule has 1 aromatic carbocycles. The van der Waals surface area contributed by atoms with Gasteiger partial charge in [-0.15, -0.1) is 0 Å². The van der Waals surface area contributed by atoms with E-state index in [1.54, 1.807) is 12.1 Å². The lowest BCUT2D eigenvalue weighted by molar-refractivity contribution is 0.357. The molecule has 0 aliphatic carbocycles. The molecule has 1 aromatic rings. The van der Waals surface area contributed by atoms with Crippen molar-refractivity contribution in [3.8, 4) is 11.5 Å². The molecule has 0 amide bonds. The molecule has 0 fully saturated rings. The molecule has 0 unspecified atom stereocenters. The van der Waals surface area contributed by atoms with E-state index < -0.39 is 0 Å². The smallest absolute Gasteiger partial charge is 0.157 e. The average molecular weight is 377 g/mol. The van der Waals surface area contributed by atoms with Crippen LogP contribution in [0.2, 0.25) is 0 Å². The third kappa shape index (κ3) is 11.3. The SMILES string of the molecule is CC(C)(C)CCCCCCc1cc(O)c(O)cc1CCCCCC(C)(C)C. The van der Waals surface area contributed by atoms with Gasteiger partial charge in [-0.2, -0.15) is 0 Å². The maximum atomic E-state index is 9.90. The molecule has 0 spiro atoms. The first-order chi connectivity index (χ1) is 12.5.